The first-order valence-corrected chi connectivity index (χ1v) is 10.8. The monoisotopic (exact) mass is 413 g/mol. The van der Waals surface area contributed by atoms with Crippen LogP contribution in [0.15, 0.2) is 61.2 Å². The van der Waals surface area contributed by atoms with Crippen LogP contribution in [0.1, 0.15) is 23.0 Å². The van der Waals surface area contributed by atoms with E-state index in [-0.39, 0.29) is 18.2 Å². The molecule has 2 aromatic carbocycles. The Morgan fingerprint density at radius 3 is 2.62 bits per heavy atom. The highest BCUT2D eigenvalue weighted by molar-refractivity contribution is 7.88. The third-order valence-corrected chi connectivity index (χ3v) is 5.49. The van der Waals surface area contributed by atoms with E-state index >= 15 is 0 Å². The lowest BCUT2D eigenvalue weighted by atomic mass is 10.2. The summed E-state index contributed by atoms with van der Waals surface area (Å²) in [6, 6.07) is 14.1. The number of hydrogen-bond donors (Lipinski definition) is 3. The van der Waals surface area contributed by atoms with Crippen molar-refractivity contribution in [3.8, 4) is 5.75 Å². The molecule has 0 radical (unpaired) electrons. The quantitative estimate of drug-likeness (QED) is 0.468. The van der Waals surface area contributed by atoms with Crippen molar-refractivity contribution in [3.63, 3.8) is 0 Å². The molecule has 0 atom stereocenters. The van der Waals surface area contributed by atoms with Gasteiger partial charge in [0.05, 0.1) is 12.4 Å². The number of carbonyl (C=O) groups excluding carboxylic acids is 1. The number of hydrogen-bond acceptors (Lipinski definition) is 4. The van der Waals surface area contributed by atoms with Crippen LogP contribution in [0.4, 0.5) is 5.69 Å². The first-order valence-electron chi connectivity index (χ1n) is 9.14. The van der Waals surface area contributed by atoms with Crippen LogP contribution in [0.2, 0.25) is 0 Å². The van der Waals surface area contributed by atoms with Crippen LogP contribution in [0.25, 0.3) is 10.9 Å². The van der Waals surface area contributed by atoms with Crippen LogP contribution in [0, 0.1) is 0 Å². The van der Waals surface area contributed by atoms with Crippen molar-refractivity contribution in [2.45, 2.75) is 12.7 Å². The summed E-state index contributed by atoms with van der Waals surface area (Å²) in [5, 5.41) is 3.71. The molecule has 0 saturated carbocycles. The third-order valence-electron chi connectivity index (χ3n) is 4.17. The molecule has 0 fully saturated rings. The number of benzene rings is 2. The van der Waals surface area contributed by atoms with Crippen molar-refractivity contribution < 1.29 is 17.9 Å². The molecule has 7 nitrogen and oxygen atoms in total. The molecule has 3 aromatic rings. The van der Waals surface area contributed by atoms with Crippen LogP contribution in [0.5, 0.6) is 5.75 Å². The predicted octanol–water partition coefficient (Wildman–Crippen LogP) is 3.42. The zero-order valence-electron chi connectivity index (χ0n) is 16.1. The summed E-state index contributed by atoms with van der Waals surface area (Å²) in [4.78, 5) is 15.6. The minimum atomic E-state index is -3.42. The number of carbonyl (C=O) groups is 1. The molecule has 0 saturated heterocycles. The van der Waals surface area contributed by atoms with E-state index in [1.807, 2.05) is 25.1 Å². The minimum Gasteiger partial charge on any atom is -0.494 e. The molecule has 0 bridgehead atoms. The predicted molar refractivity (Wildman–Crippen MR) is 115 cm³/mol. The van der Waals surface area contributed by atoms with Crippen molar-refractivity contribution in [3.05, 3.63) is 72.4 Å². The summed E-state index contributed by atoms with van der Waals surface area (Å²) >= 11 is 0. The number of fused-ring (bicyclic) bond motifs is 1. The fraction of sp³-hybridized carbons (Fsp3) is 0.190. The van der Waals surface area contributed by atoms with Crippen LogP contribution in [-0.2, 0) is 15.8 Å². The maximum atomic E-state index is 12.5. The van der Waals surface area contributed by atoms with E-state index in [1.54, 1.807) is 30.3 Å². The van der Waals surface area contributed by atoms with Gasteiger partial charge in [0.2, 0.25) is 10.0 Å². The van der Waals surface area contributed by atoms with Gasteiger partial charge in [-0.3, -0.25) is 4.79 Å². The average molecular weight is 413 g/mol. The number of ether oxygens (including phenoxy) is 1. The van der Waals surface area contributed by atoms with Crippen molar-refractivity contribution >= 4 is 32.5 Å². The molecule has 0 aliphatic heterocycles. The number of sulfonamides is 1. The summed E-state index contributed by atoms with van der Waals surface area (Å²) in [5.74, 6) is 0.313. The third kappa shape index (κ3) is 5.46. The highest BCUT2D eigenvalue weighted by Crippen LogP contribution is 2.22. The molecule has 152 valence electrons. The van der Waals surface area contributed by atoms with Gasteiger partial charge in [-0.05, 0) is 42.8 Å². The van der Waals surface area contributed by atoms with Gasteiger partial charge in [0.1, 0.15) is 11.4 Å². The van der Waals surface area contributed by atoms with E-state index in [2.05, 4.69) is 21.6 Å². The molecule has 0 aliphatic rings. The van der Waals surface area contributed by atoms with E-state index in [4.69, 9.17) is 4.74 Å². The standard InChI is InChI=1S/C21H23N3O4S/c1-3-11-22-29(26,27)14-15-5-8-17(9-6-15)23-21(25)20-12-16-7-10-18(28-4-2)13-19(16)24-20/h3,5-10,12-13,22,24H,1,4,11,14H2,2H3,(H,23,25). The Bertz CT molecular complexity index is 1120. The molecule has 1 amide bonds. The number of aromatic nitrogens is 1. The number of aromatic amines is 1. The van der Waals surface area contributed by atoms with Gasteiger partial charge in [-0.25, -0.2) is 13.1 Å². The molecule has 29 heavy (non-hydrogen) atoms. The van der Waals surface area contributed by atoms with E-state index < -0.39 is 10.0 Å². The molecule has 1 aromatic heterocycles. The average Bonchev–Trinajstić information content (AvgIpc) is 3.12. The minimum absolute atomic E-state index is 0.140. The molecule has 3 N–H and O–H groups in total. The molecular formula is C21H23N3O4S. The van der Waals surface area contributed by atoms with Crippen molar-refractivity contribution in [2.24, 2.45) is 0 Å². The molecule has 1 heterocycles. The number of amides is 1. The Morgan fingerprint density at radius 1 is 1.17 bits per heavy atom. The van der Waals surface area contributed by atoms with Gasteiger partial charge in [0, 0.05) is 29.2 Å². The smallest absolute Gasteiger partial charge is 0.272 e. The second kappa shape index (κ2) is 8.93. The summed E-state index contributed by atoms with van der Waals surface area (Å²) in [6.45, 7) is 6.16. The van der Waals surface area contributed by atoms with E-state index in [0.717, 1.165) is 16.7 Å². The summed E-state index contributed by atoms with van der Waals surface area (Å²) in [5.41, 5.74) is 2.43. The van der Waals surface area contributed by atoms with Crippen molar-refractivity contribution in [1.29, 1.82) is 0 Å². The second-order valence-electron chi connectivity index (χ2n) is 6.41. The van der Waals surface area contributed by atoms with Gasteiger partial charge in [0.15, 0.2) is 0 Å². The highest BCUT2D eigenvalue weighted by Gasteiger charge is 2.12. The lowest BCUT2D eigenvalue weighted by Gasteiger charge is -2.07. The zero-order chi connectivity index (χ0) is 20.9. The number of rotatable bonds is 9. The fourth-order valence-electron chi connectivity index (χ4n) is 2.82. The van der Waals surface area contributed by atoms with Gasteiger partial charge in [0.25, 0.3) is 5.91 Å². The Balaban J connectivity index is 1.67. The zero-order valence-corrected chi connectivity index (χ0v) is 16.9. The van der Waals surface area contributed by atoms with E-state index in [9.17, 15) is 13.2 Å². The Kier molecular flexibility index (Phi) is 6.36. The fourth-order valence-corrected chi connectivity index (χ4v) is 3.93. The molecule has 0 spiro atoms. The summed E-state index contributed by atoms with van der Waals surface area (Å²) in [7, 11) is -3.42. The van der Waals surface area contributed by atoms with Crippen LogP contribution in [-0.4, -0.2) is 32.5 Å². The largest absolute Gasteiger partial charge is 0.494 e. The van der Waals surface area contributed by atoms with E-state index in [1.165, 1.54) is 6.08 Å². The molecule has 0 aliphatic carbocycles. The summed E-state index contributed by atoms with van der Waals surface area (Å²) in [6.07, 6.45) is 1.48. The topological polar surface area (TPSA) is 100 Å². The highest BCUT2D eigenvalue weighted by atomic mass is 32.2. The van der Waals surface area contributed by atoms with Crippen LogP contribution < -0.4 is 14.8 Å². The lowest BCUT2D eigenvalue weighted by Crippen LogP contribution is -2.25. The molecular weight excluding hydrogens is 390 g/mol. The van der Waals surface area contributed by atoms with Crippen LogP contribution in [0.3, 0.4) is 0 Å². The second-order valence-corrected chi connectivity index (χ2v) is 8.22. The molecule has 0 unspecified atom stereocenters. The Labute approximate surface area is 169 Å². The lowest BCUT2D eigenvalue weighted by molar-refractivity contribution is 0.102. The van der Waals surface area contributed by atoms with E-state index in [0.29, 0.717) is 23.6 Å². The maximum Gasteiger partial charge on any atom is 0.272 e. The first-order chi connectivity index (χ1) is 13.9. The van der Waals surface area contributed by atoms with Crippen LogP contribution >= 0.6 is 0 Å². The van der Waals surface area contributed by atoms with Crippen molar-refractivity contribution in [2.75, 3.05) is 18.5 Å². The first kappa shape index (κ1) is 20.6. The maximum absolute atomic E-state index is 12.5. The van der Waals surface area contributed by atoms with Gasteiger partial charge >= 0.3 is 0 Å². The van der Waals surface area contributed by atoms with Gasteiger partial charge in [-0.1, -0.05) is 18.2 Å². The number of anilines is 1. The molecule has 8 heteroatoms. The van der Waals surface area contributed by atoms with Gasteiger partial charge in [-0.2, -0.15) is 0 Å². The normalized spacial score (nSPS) is 11.3. The number of nitrogens with one attached hydrogen (secondary N) is 3. The SMILES string of the molecule is C=CCNS(=O)(=O)Cc1ccc(NC(=O)c2cc3ccc(OCC)cc3[nH]2)cc1. The Hall–Kier alpha value is -3.10. The van der Waals surface area contributed by atoms with Crippen molar-refractivity contribution in [1.82, 2.24) is 9.71 Å². The number of H-pyrrole nitrogens is 1. The van der Waals surface area contributed by atoms with Gasteiger partial charge in [-0.15, -0.1) is 6.58 Å². The van der Waals surface area contributed by atoms with Gasteiger partial charge < -0.3 is 15.0 Å². The summed E-state index contributed by atoms with van der Waals surface area (Å²) < 4.78 is 31.7. The molecule has 3 rings (SSSR count). The Morgan fingerprint density at radius 2 is 1.93 bits per heavy atom.